The molecule has 1 saturated carbocycles. The predicted molar refractivity (Wildman–Crippen MR) is 75.6 cm³/mol. The molecule has 3 unspecified atom stereocenters. The SMILES string of the molecule is COC1CC(NC2CSCCC2(C)C)C1(C)C. The lowest BCUT2D eigenvalue weighted by atomic mass is 9.63. The van der Waals surface area contributed by atoms with Gasteiger partial charge in [0.1, 0.15) is 0 Å². The van der Waals surface area contributed by atoms with Crippen molar-refractivity contribution < 1.29 is 4.74 Å². The highest BCUT2D eigenvalue weighted by molar-refractivity contribution is 7.99. The van der Waals surface area contributed by atoms with Crippen molar-refractivity contribution in [3.63, 3.8) is 0 Å². The van der Waals surface area contributed by atoms with E-state index in [1.807, 2.05) is 7.11 Å². The Bertz CT molecular complexity index is 277. The average Bonchev–Trinajstić information content (AvgIpc) is 2.25. The van der Waals surface area contributed by atoms with E-state index in [0.717, 1.165) is 0 Å². The molecule has 1 aliphatic carbocycles. The first kappa shape index (κ1) is 13.7. The van der Waals surface area contributed by atoms with Crippen molar-refractivity contribution in [2.75, 3.05) is 18.6 Å². The van der Waals surface area contributed by atoms with Crippen LogP contribution in [0.2, 0.25) is 0 Å². The second-order valence-electron chi connectivity index (χ2n) is 6.87. The van der Waals surface area contributed by atoms with Gasteiger partial charge in [-0.2, -0.15) is 11.8 Å². The summed E-state index contributed by atoms with van der Waals surface area (Å²) < 4.78 is 5.53. The maximum absolute atomic E-state index is 5.53. The van der Waals surface area contributed by atoms with Gasteiger partial charge >= 0.3 is 0 Å². The van der Waals surface area contributed by atoms with Crippen LogP contribution in [0.25, 0.3) is 0 Å². The first-order valence-electron chi connectivity index (χ1n) is 6.74. The summed E-state index contributed by atoms with van der Waals surface area (Å²) in [6.07, 6.45) is 2.93. The number of thioether (sulfide) groups is 1. The maximum atomic E-state index is 5.53. The highest BCUT2D eigenvalue weighted by Crippen LogP contribution is 2.44. The Morgan fingerprint density at radius 3 is 2.41 bits per heavy atom. The van der Waals surface area contributed by atoms with Gasteiger partial charge in [-0.3, -0.25) is 0 Å². The van der Waals surface area contributed by atoms with Crippen LogP contribution in [0.1, 0.15) is 40.5 Å². The molecule has 0 amide bonds. The molecule has 3 heteroatoms. The molecule has 2 aliphatic rings. The molecule has 0 bridgehead atoms. The Kier molecular flexibility index (Phi) is 3.82. The van der Waals surface area contributed by atoms with Crippen molar-refractivity contribution in [1.29, 1.82) is 0 Å². The molecule has 2 fully saturated rings. The lowest BCUT2D eigenvalue weighted by Gasteiger charge is -2.54. The summed E-state index contributed by atoms with van der Waals surface area (Å²) in [6, 6.07) is 1.28. The van der Waals surface area contributed by atoms with Gasteiger partial charge in [-0.15, -0.1) is 0 Å². The van der Waals surface area contributed by atoms with Gasteiger partial charge < -0.3 is 10.1 Å². The minimum absolute atomic E-state index is 0.285. The maximum Gasteiger partial charge on any atom is 0.0652 e. The molecule has 0 spiro atoms. The van der Waals surface area contributed by atoms with Crippen molar-refractivity contribution in [2.45, 2.75) is 58.7 Å². The van der Waals surface area contributed by atoms with Gasteiger partial charge in [-0.1, -0.05) is 27.7 Å². The van der Waals surface area contributed by atoms with Gasteiger partial charge in [0.15, 0.2) is 0 Å². The van der Waals surface area contributed by atoms with Gasteiger partial charge in [-0.05, 0) is 24.0 Å². The van der Waals surface area contributed by atoms with Gasteiger partial charge in [-0.25, -0.2) is 0 Å². The highest BCUT2D eigenvalue weighted by atomic mass is 32.2. The predicted octanol–water partition coefficient (Wildman–Crippen LogP) is 2.92. The molecular formula is C14H27NOS. The number of methoxy groups -OCH3 is 1. The third-order valence-corrected chi connectivity index (χ3v) is 6.05. The molecular weight excluding hydrogens is 230 g/mol. The lowest BCUT2D eigenvalue weighted by molar-refractivity contribution is -0.103. The van der Waals surface area contributed by atoms with Gasteiger partial charge in [0.2, 0.25) is 0 Å². The monoisotopic (exact) mass is 257 g/mol. The summed E-state index contributed by atoms with van der Waals surface area (Å²) >= 11 is 2.09. The molecule has 100 valence electrons. The number of hydrogen-bond acceptors (Lipinski definition) is 3. The quantitative estimate of drug-likeness (QED) is 0.840. The summed E-state index contributed by atoms with van der Waals surface area (Å²) in [5.74, 6) is 2.58. The van der Waals surface area contributed by atoms with E-state index >= 15 is 0 Å². The third-order valence-electron chi connectivity index (χ3n) is 4.98. The third kappa shape index (κ3) is 2.52. The Morgan fingerprint density at radius 2 is 1.88 bits per heavy atom. The van der Waals surface area contributed by atoms with E-state index in [0.29, 0.717) is 23.6 Å². The van der Waals surface area contributed by atoms with Gasteiger partial charge in [0.25, 0.3) is 0 Å². The normalized spacial score (nSPS) is 39.7. The second kappa shape index (κ2) is 4.75. The van der Waals surface area contributed by atoms with Crippen LogP contribution in [0.3, 0.4) is 0 Å². The largest absolute Gasteiger partial charge is 0.381 e. The fourth-order valence-electron chi connectivity index (χ4n) is 3.02. The standard InChI is InChI=1S/C14H27NOS/c1-13(2)6-7-17-9-11(13)15-10-8-12(16-5)14(10,3)4/h10-12,15H,6-9H2,1-5H3. The minimum Gasteiger partial charge on any atom is -0.381 e. The average molecular weight is 257 g/mol. The zero-order chi connectivity index (χ0) is 12.7. The number of rotatable bonds is 3. The van der Waals surface area contributed by atoms with E-state index in [4.69, 9.17) is 4.74 Å². The van der Waals surface area contributed by atoms with Crippen molar-refractivity contribution in [2.24, 2.45) is 10.8 Å². The molecule has 2 nitrogen and oxygen atoms in total. The van der Waals surface area contributed by atoms with Crippen molar-refractivity contribution in [1.82, 2.24) is 5.32 Å². The molecule has 0 radical (unpaired) electrons. The fraction of sp³-hybridized carbons (Fsp3) is 1.00. The summed E-state index contributed by atoms with van der Waals surface area (Å²) in [6.45, 7) is 9.46. The van der Waals surface area contributed by atoms with Crippen LogP contribution in [-0.2, 0) is 4.74 Å². The Balaban J connectivity index is 1.94. The van der Waals surface area contributed by atoms with E-state index in [1.54, 1.807) is 0 Å². The molecule has 3 atom stereocenters. The highest BCUT2D eigenvalue weighted by Gasteiger charge is 2.50. The molecule has 1 N–H and O–H groups in total. The van der Waals surface area contributed by atoms with Gasteiger partial charge in [0, 0.05) is 30.4 Å². The van der Waals surface area contributed by atoms with Crippen molar-refractivity contribution in [3.8, 4) is 0 Å². The van der Waals surface area contributed by atoms with E-state index in [2.05, 4.69) is 44.8 Å². The molecule has 2 rings (SSSR count). The van der Waals surface area contributed by atoms with Crippen LogP contribution in [0, 0.1) is 10.8 Å². The van der Waals surface area contributed by atoms with Crippen LogP contribution in [0.15, 0.2) is 0 Å². The topological polar surface area (TPSA) is 21.3 Å². The van der Waals surface area contributed by atoms with E-state index < -0.39 is 0 Å². The molecule has 0 aromatic carbocycles. The summed E-state index contributed by atoms with van der Waals surface area (Å²) in [4.78, 5) is 0. The molecule has 1 aliphatic heterocycles. The molecule has 0 aromatic heterocycles. The fourth-order valence-corrected chi connectivity index (χ4v) is 4.64. The van der Waals surface area contributed by atoms with E-state index in [1.165, 1.54) is 24.3 Å². The van der Waals surface area contributed by atoms with Crippen LogP contribution in [0.5, 0.6) is 0 Å². The second-order valence-corrected chi connectivity index (χ2v) is 8.02. The summed E-state index contributed by atoms with van der Waals surface area (Å²) in [5, 5.41) is 3.90. The number of ether oxygens (including phenoxy) is 1. The number of hydrogen-bond donors (Lipinski definition) is 1. The van der Waals surface area contributed by atoms with E-state index in [-0.39, 0.29) is 5.41 Å². The molecule has 1 heterocycles. The van der Waals surface area contributed by atoms with Gasteiger partial charge in [0.05, 0.1) is 6.10 Å². The van der Waals surface area contributed by atoms with E-state index in [9.17, 15) is 0 Å². The Hall–Kier alpha value is 0.270. The van der Waals surface area contributed by atoms with Crippen LogP contribution in [-0.4, -0.2) is 36.8 Å². The first-order chi connectivity index (χ1) is 7.88. The number of nitrogens with one attached hydrogen (secondary N) is 1. The minimum atomic E-state index is 0.285. The van der Waals surface area contributed by atoms with Crippen LogP contribution in [0.4, 0.5) is 0 Å². The van der Waals surface area contributed by atoms with Crippen molar-refractivity contribution >= 4 is 11.8 Å². The summed E-state index contributed by atoms with van der Waals surface area (Å²) in [5.41, 5.74) is 0.729. The lowest BCUT2D eigenvalue weighted by Crippen LogP contribution is -2.65. The van der Waals surface area contributed by atoms with Crippen molar-refractivity contribution in [3.05, 3.63) is 0 Å². The molecule has 0 aromatic rings. The summed E-state index contributed by atoms with van der Waals surface area (Å²) in [7, 11) is 1.84. The van der Waals surface area contributed by atoms with Crippen LogP contribution >= 0.6 is 11.8 Å². The Labute approximate surface area is 110 Å². The Morgan fingerprint density at radius 1 is 1.18 bits per heavy atom. The smallest absolute Gasteiger partial charge is 0.0652 e. The van der Waals surface area contributed by atoms with Crippen LogP contribution < -0.4 is 5.32 Å². The molecule has 1 saturated heterocycles. The zero-order valence-corrected chi connectivity index (χ0v) is 12.7. The first-order valence-corrected chi connectivity index (χ1v) is 7.90. The zero-order valence-electron chi connectivity index (χ0n) is 11.9. The molecule has 17 heavy (non-hydrogen) atoms.